The smallest absolute Gasteiger partial charge is 0.255 e. The molecule has 8 heteroatoms. The zero-order chi connectivity index (χ0) is 17.8. The number of anilines is 2. The highest BCUT2D eigenvalue weighted by Crippen LogP contribution is 2.19. The van der Waals surface area contributed by atoms with Gasteiger partial charge in [-0.2, -0.15) is 0 Å². The number of hydrogen-bond donors (Lipinski definition) is 3. The third-order valence-corrected chi connectivity index (χ3v) is 4.53. The molecule has 1 fully saturated rings. The summed E-state index contributed by atoms with van der Waals surface area (Å²) in [6.07, 6.45) is 6.01. The highest BCUT2D eigenvalue weighted by molar-refractivity contribution is 5.95. The van der Waals surface area contributed by atoms with Gasteiger partial charge in [-0.3, -0.25) is 9.59 Å². The van der Waals surface area contributed by atoms with Gasteiger partial charge >= 0.3 is 0 Å². The average Bonchev–Trinajstić information content (AvgIpc) is 2.82. The number of pyridine rings is 2. The van der Waals surface area contributed by atoms with Gasteiger partial charge < -0.3 is 20.9 Å². The fourth-order valence-electron chi connectivity index (χ4n) is 3.14. The number of halogens is 1. The standard InChI is InChI=1S/C18H23N5O2.ClH/c1-12-9-17(24)21-11-15(12)18(25)23-7-2-3-13(6-8-23)22-14-4-5-16(19)20-10-14;/h4-5,9-11,13,22H,2-3,6-8H2,1H3,(H2,19,20)(H,21,24);1H. The minimum absolute atomic E-state index is 0. The first kappa shape index (κ1) is 19.8. The Morgan fingerprint density at radius 3 is 2.85 bits per heavy atom. The molecule has 140 valence electrons. The van der Waals surface area contributed by atoms with Crippen molar-refractivity contribution in [1.29, 1.82) is 0 Å². The van der Waals surface area contributed by atoms with Crippen LogP contribution in [0.5, 0.6) is 0 Å². The summed E-state index contributed by atoms with van der Waals surface area (Å²) in [5.41, 5.74) is 7.63. The number of likely N-dealkylation sites (tertiary alicyclic amines) is 1. The van der Waals surface area contributed by atoms with Gasteiger partial charge in [0.15, 0.2) is 0 Å². The molecule has 1 saturated heterocycles. The van der Waals surface area contributed by atoms with Gasteiger partial charge in [-0.1, -0.05) is 0 Å². The van der Waals surface area contributed by atoms with Crippen molar-refractivity contribution in [3.8, 4) is 0 Å². The second-order valence-electron chi connectivity index (χ2n) is 6.43. The SMILES string of the molecule is Cc1cc(=O)[nH]cc1C(=O)N1CCCC(Nc2ccc(N)nc2)CC1.Cl. The Hall–Kier alpha value is -2.54. The molecule has 0 saturated carbocycles. The van der Waals surface area contributed by atoms with E-state index in [2.05, 4.69) is 15.3 Å². The van der Waals surface area contributed by atoms with Gasteiger partial charge in [0.2, 0.25) is 5.56 Å². The van der Waals surface area contributed by atoms with Crippen molar-refractivity contribution < 1.29 is 4.79 Å². The fraction of sp³-hybridized carbons (Fsp3) is 0.389. The van der Waals surface area contributed by atoms with Gasteiger partial charge in [-0.25, -0.2) is 4.98 Å². The maximum atomic E-state index is 12.7. The maximum Gasteiger partial charge on any atom is 0.255 e. The van der Waals surface area contributed by atoms with E-state index >= 15 is 0 Å². The number of carbonyl (C=O) groups is 1. The van der Waals surface area contributed by atoms with Crippen LogP contribution in [0.3, 0.4) is 0 Å². The summed E-state index contributed by atoms with van der Waals surface area (Å²) >= 11 is 0. The van der Waals surface area contributed by atoms with E-state index in [4.69, 9.17) is 5.73 Å². The number of nitrogens with one attached hydrogen (secondary N) is 2. The summed E-state index contributed by atoms with van der Waals surface area (Å²) in [6.45, 7) is 3.19. The number of amides is 1. The van der Waals surface area contributed by atoms with Crippen LogP contribution >= 0.6 is 12.4 Å². The van der Waals surface area contributed by atoms with Gasteiger partial charge in [-0.15, -0.1) is 12.4 Å². The third kappa shape index (κ3) is 4.76. The quantitative estimate of drug-likeness (QED) is 0.760. The van der Waals surface area contributed by atoms with E-state index in [0.717, 1.165) is 31.5 Å². The van der Waals surface area contributed by atoms with E-state index < -0.39 is 0 Å². The van der Waals surface area contributed by atoms with E-state index in [0.29, 0.717) is 29.5 Å². The summed E-state index contributed by atoms with van der Waals surface area (Å²) < 4.78 is 0. The molecule has 0 aliphatic carbocycles. The van der Waals surface area contributed by atoms with Gasteiger partial charge in [-0.05, 0) is 43.9 Å². The van der Waals surface area contributed by atoms with Crippen LogP contribution < -0.4 is 16.6 Å². The molecule has 0 aromatic carbocycles. The zero-order valence-electron chi connectivity index (χ0n) is 14.7. The van der Waals surface area contributed by atoms with E-state index in [1.807, 2.05) is 11.0 Å². The largest absolute Gasteiger partial charge is 0.384 e. The van der Waals surface area contributed by atoms with Crippen molar-refractivity contribution in [3.63, 3.8) is 0 Å². The minimum atomic E-state index is -0.189. The number of nitrogens with zero attached hydrogens (tertiary/aromatic N) is 2. The van der Waals surface area contributed by atoms with Crippen molar-refractivity contribution in [2.24, 2.45) is 0 Å². The number of H-pyrrole nitrogens is 1. The predicted octanol–water partition coefficient (Wildman–Crippen LogP) is 2.19. The molecular weight excluding hydrogens is 354 g/mol. The molecule has 3 heterocycles. The fourth-order valence-corrected chi connectivity index (χ4v) is 3.14. The van der Waals surface area contributed by atoms with Gasteiger partial charge in [0.25, 0.3) is 5.91 Å². The predicted molar refractivity (Wildman–Crippen MR) is 105 cm³/mol. The molecule has 1 amide bonds. The van der Waals surface area contributed by atoms with Crippen LogP contribution in [-0.2, 0) is 0 Å². The summed E-state index contributed by atoms with van der Waals surface area (Å²) in [5, 5.41) is 3.46. The molecule has 2 aromatic rings. The zero-order valence-corrected chi connectivity index (χ0v) is 15.5. The Labute approximate surface area is 158 Å². The summed E-state index contributed by atoms with van der Waals surface area (Å²) in [6, 6.07) is 5.44. The van der Waals surface area contributed by atoms with Gasteiger partial charge in [0.1, 0.15) is 5.82 Å². The molecule has 1 atom stereocenters. The highest BCUT2D eigenvalue weighted by Gasteiger charge is 2.22. The summed E-state index contributed by atoms with van der Waals surface area (Å²) in [7, 11) is 0. The van der Waals surface area contributed by atoms with Crippen LogP contribution in [0.4, 0.5) is 11.5 Å². The minimum Gasteiger partial charge on any atom is -0.384 e. The summed E-state index contributed by atoms with van der Waals surface area (Å²) in [5.74, 6) is 0.475. The second kappa shape index (κ2) is 8.71. The lowest BCUT2D eigenvalue weighted by molar-refractivity contribution is 0.0760. The van der Waals surface area contributed by atoms with Crippen molar-refractivity contribution >= 4 is 29.8 Å². The topological polar surface area (TPSA) is 104 Å². The first-order valence-corrected chi connectivity index (χ1v) is 8.49. The lowest BCUT2D eigenvalue weighted by atomic mass is 10.1. The van der Waals surface area contributed by atoms with E-state index in [-0.39, 0.29) is 23.9 Å². The molecule has 1 aliphatic heterocycles. The number of rotatable bonds is 3. The first-order chi connectivity index (χ1) is 12.0. The van der Waals surface area contributed by atoms with E-state index in [1.54, 1.807) is 19.2 Å². The average molecular weight is 378 g/mol. The Morgan fingerprint density at radius 1 is 1.35 bits per heavy atom. The number of hydrogen-bond acceptors (Lipinski definition) is 5. The van der Waals surface area contributed by atoms with Crippen LogP contribution in [0.15, 0.2) is 35.4 Å². The number of nitrogens with two attached hydrogens (primary N) is 1. The lowest BCUT2D eigenvalue weighted by Gasteiger charge is -2.22. The number of aryl methyl sites for hydroxylation is 1. The van der Waals surface area contributed by atoms with Crippen LogP contribution in [-0.4, -0.2) is 39.9 Å². The Kier molecular flexibility index (Phi) is 6.63. The van der Waals surface area contributed by atoms with E-state index in [1.165, 1.54) is 12.3 Å². The molecule has 3 rings (SSSR count). The normalized spacial score (nSPS) is 17.1. The van der Waals surface area contributed by atoms with Crippen molar-refractivity contribution in [3.05, 3.63) is 52.1 Å². The molecule has 0 bridgehead atoms. The van der Waals surface area contributed by atoms with E-state index in [9.17, 15) is 9.59 Å². The molecule has 4 N–H and O–H groups in total. The number of aromatic nitrogens is 2. The monoisotopic (exact) mass is 377 g/mol. The molecule has 0 radical (unpaired) electrons. The molecular formula is C18H24ClN5O2. The Morgan fingerprint density at radius 2 is 2.15 bits per heavy atom. The van der Waals surface area contributed by atoms with Crippen LogP contribution in [0.25, 0.3) is 0 Å². The molecule has 7 nitrogen and oxygen atoms in total. The number of nitrogen functional groups attached to an aromatic ring is 1. The Balaban J connectivity index is 0.00000243. The lowest BCUT2D eigenvalue weighted by Crippen LogP contribution is -2.33. The molecule has 0 spiro atoms. The second-order valence-corrected chi connectivity index (χ2v) is 6.43. The molecule has 2 aromatic heterocycles. The highest BCUT2D eigenvalue weighted by atomic mass is 35.5. The van der Waals surface area contributed by atoms with Gasteiger partial charge in [0, 0.05) is 31.4 Å². The van der Waals surface area contributed by atoms with Gasteiger partial charge in [0.05, 0.1) is 17.4 Å². The van der Waals surface area contributed by atoms with Crippen LogP contribution in [0.1, 0.15) is 35.2 Å². The number of aromatic amines is 1. The Bertz CT molecular complexity index is 806. The third-order valence-electron chi connectivity index (χ3n) is 4.53. The maximum absolute atomic E-state index is 12.7. The van der Waals surface area contributed by atoms with Crippen LogP contribution in [0, 0.1) is 6.92 Å². The summed E-state index contributed by atoms with van der Waals surface area (Å²) in [4.78, 5) is 32.6. The van der Waals surface area contributed by atoms with Crippen molar-refractivity contribution in [2.75, 3.05) is 24.1 Å². The molecule has 1 aliphatic rings. The van der Waals surface area contributed by atoms with Crippen molar-refractivity contribution in [2.45, 2.75) is 32.2 Å². The van der Waals surface area contributed by atoms with Crippen LogP contribution in [0.2, 0.25) is 0 Å². The number of carbonyl (C=O) groups excluding carboxylic acids is 1. The van der Waals surface area contributed by atoms with Crippen molar-refractivity contribution in [1.82, 2.24) is 14.9 Å². The molecule has 26 heavy (non-hydrogen) atoms. The first-order valence-electron chi connectivity index (χ1n) is 8.49. The molecule has 1 unspecified atom stereocenters.